The van der Waals surface area contributed by atoms with E-state index in [1.54, 1.807) is 25.2 Å². The highest BCUT2D eigenvalue weighted by Crippen LogP contribution is 2.28. The predicted molar refractivity (Wildman–Crippen MR) is 78.4 cm³/mol. The molecule has 0 aliphatic carbocycles. The maximum atomic E-state index is 12.8. The van der Waals surface area contributed by atoms with E-state index >= 15 is 0 Å². The van der Waals surface area contributed by atoms with Gasteiger partial charge in [0.05, 0.1) is 0 Å². The normalized spacial score (nSPS) is 13.6. The zero-order valence-corrected chi connectivity index (χ0v) is 12.5. The summed E-state index contributed by atoms with van der Waals surface area (Å²) >= 11 is 0. The largest absolute Gasteiger partial charge is 0.337 e. The van der Waals surface area contributed by atoms with Crippen LogP contribution in [0.25, 0.3) is 0 Å². The van der Waals surface area contributed by atoms with Crippen molar-refractivity contribution in [1.29, 1.82) is 0 Å². The molecule has 1 N–H and O–H groups in total. The van der Waals surface area contributed by atoms with Crippen molar-refractivity contribution in [3.8, 4) is 0 Å². The van der Waals surface area contributed by atoms with Crippen molar-refractivity contribution in [3.05, 3.63) is 46.8 Å². The number of nitrogens with zero attached hydrogens (tertiary/aromatic N) is 3. The van der Waals surface area contributed by atoms with Gasteiger partial charge in [-0.15, -0.1) is 0 Å². The number of aromatic nitrogens is 2. The van der Waals surface area contributed by atoms with Gasteiger partial charge in [0.15, 0.2) is 5.69 Å². The molecule has 0 bridgehead atoms. The number of benzene rings is 1. The first kappa shape index (κ1) is 15.1. The molecule has 0 fully saturated rings. The summed E-state index contributed by atoms with van der Waals surface area (Å²) in [4.78, 5) is 25.7. The highest BCUT2D eigenvalue weighted by Gasteiger charge is 2.27. The van der Waals surface area contributed by atoms with Crippen LogP contribution < -0.4 is 5.32 Å². The molecule has 0 saturated heterocycles. The van der Waals surface area contributed by atoms with Crippen LogP contribution in [0.2, 0.25) is 0 Å². The average Bonchev–Trinajstić information content (AvgIpc) is 3.02. The van der Waals surface area contributed by atoms with Crippen LogP contribution in [0.1, 0.15) is 38.5 Å². The number of aryl methyl sites for hydroxylation is 1. The Morgan fingerprint density at radius 1 is 1.35 bits per heavy atom. The number of fused-ring (bicyclic) bond motifs is 1. The first-order valence-corrected chi connectivity index (χ1v) is 6.89. The van der Waals surface area contributed by atoms with E-state index in [4.69, 9.17) is 0 Å². The van der Waals surface area contributed by atoms with Crippen molar-refractivity contribution in [2.75, 3.05) is 12.4 Å². The van der Waals surface area contributed by atoms with E-state index in [9.17, 15) is 18.4 Å². The third kappa shape index (κ3) is 2.56. The van der Waals surface area contributed by atoms with Crippen molar-refractivity contribution in [3.63, 3.8) is 0 Å². The Bertz CT molecular complexity index is 801. The van der Waals surface area contributed by atoms with Gasteiger partial charge >= 0.3 is 0 Å². The second kappa shape index (κ2) is 5.45. The second-order valence-corrected chi connectivity index (χ2v) is 5.33. The summed E-state index contributed by atoms with van der Waals surface area (Å²) < 4.78 is 26.5. The van der Waals surface area contributed by atoms with Crippen LogP contribution in [0.5, 0.6) is 0 Å². The van der Waals surface area contributed by atoms with Gasteiger partial charge in [0.25, 0.3) is 18.2 Å². The number of alkyl halides is 2. The number of carbonyl (C=O) groups excluding carboxylic acids is 2. The van der Waals surface area contributed by atoms with Crippen LogP contribution in [0.4, 0.5) is 14.5 Å². The van der Waals surface area contributed by atoms with E-state index in [1.807, 2.05) is 0 Å². The minimum absolute atomic E-state index is 0.0990. The van der Waals surface area contributed by atoms with Crippen LogP contribution in [0.3, 0.4) is 0 Å². The van der Waals surface area contributed by atoms with E-state index in [0.717, 1.165) is 10.7 Å². The summed E-state index contributed by atoms with van der Waals surface area (Å²) in [6, 6.07) is 6.07. The smallest absolute Gasteiger partial charge is 0.280 e. The SMILES string of the molecule is CN1Cc2c(NC(=O)c3cc(C(F)F)n(C)n3)cccc2C1=O. The molecular weight excluding hydrogens is 306 g/mol. The van der Waals surface area contributed by atoms with Crippen LogP contribution in [-0.4, -0.2) is 33.5 Å². The molecule has 1 aromatic heterocycles. The van der Waals surface area contributed by atoms with Crippen molar-refractivity contribution >= 4 is 17.5 Å². The number of rotatable bonds is 3. The molecule has 0 saturated carbocycles. The minimum Gasteiger partial charge on any atom is -0.337 e. The zero-order chi connectivity index (χ0) is 16.7. The summed E-state index contributed by atoms with van der Waals surface area (Å²) in [5, 5.41) is 6.44. The first-order valence-electron chi connectivity index (χ1n) is 6.89. The molecule has 6 nitrogen and oxygen atoms in total. The number of halogens is 2. The molecule has 1 aliphatic heterocycles. The fourth-order valence-electron chi connectivity index (χ4n) is 2.57. The van der Waals surface area contributed by atoms with Gasteiger partial charge in [0.1, 0.15) is 5.69 Å². The molecule has 2 amide bonds. The third-order valence-electron chi connectivity index (χ3n) is 3.77. The molecule has 3 rings (SSSR count). The number of amides is 2. The molecule has 8 heteroatoms. The highest BCUT2D eigenvalue weighted by atomic mass is 19.3. The fourth-order valence-corrected chi connectivity index (χ4v) is 2.57. The maximum Gasteiger partial charge on any atom is 0.280 e. The minimum atomic E-state index is -2.71. The monoisotopic (exact) mass is 320 g/mol. The molecule has 0 unspecified atom stereocenters. The van der Waals surface area contributed by atoms with Crippen molar-refractivity contribution in [2.45, 2.75) is 13.0 Å². The molecule has 120 valence electrons. The Hall–Kier alpha value is -2.77. The molecule has 1 aliphatic rings. The summed E-state index contributed by atoms with van der Waals surface area (Å²) in [6.07, 6.45) is -2.71. The lowest BCUT2D eigenvalue weighted by atomic mass is 10.1. The topological polar surface area (TPSA) is 67.2 Å². The third-order valence-corrected chi connectivity index (χ3v) is 3.77. The fraction of sp³-hybridized carbons (Fsp3) is 0.267. The standard InChI is InChI=1S/C15H14F2N4O2/c1-20-7-9-8(15(20)23)4-3-5-10(9)18-14(22)11-6-12(13(16)17)21(2)19-11/h3-6,13H,7H2,1-2H3,(H,18,22). The number of hydrogen-bond donors (Lipinski definition) is 1. The molecule has 2 heterocycles. The molecular formula is C15H14F2N4O2. The van der Waals surface area contributed by atoms with Crippen molar-refractivity contribution in [2.24, 2.45) is 7.05 Å². The van der Waals surface area contributed by atoms with Gasteiger partial charge < -0.3 is 10.2 Å². The molecule has 0 atom stereocenters. The van der Waals surface area contributed by atoms with E-state index in [2.05, 4.69) is 10.4 Å². The number of hydrogen-bond acceptors (Lipinski definition) is 3. The molecule has 0 spiro atoms. The zero-order valence-electron chi connectivity index (χ0n) is 12.5. The van der Waals surface area contributed by atoms with Crippen LogP contribution in [-0.2, 0) is 13.6 Å². The quantitative estimate of drug-likeness (QED) is 0.943. The Morgan fingerprint density at radius 2 is 2.09 bits per heavy atom. The lowest BCUT2D eigenvalue weighted by Gasteiger charge is -2.08. The van der Waals surface area contributed by atoms with Crippen molar-refractivity contribution < 1.29 is 18.4 Å². The van der Waals surface area contributed by atoms with E-state index in [0.29, 0.717) is 23.4 Å². The van der Waals surface area contributed by atoms with E-state index < -0.39 is 12.3 Å². The Labute approximate surface area is 130 Å². The van der Waals surface area contributed by atoms with Gasteiger partial charge in [0, 0.05) is 37.5 Å². The first-order chi connectivity index (χ1) is 10.9. The lowest BCUT2D eigenvalue weighted by molar-refractivity contribution is 0.0816. The van der Waals surface area contributed by atoms with Gasteiger partial charge in [0.2, 0.25) is 0 Å². The van der Waals surface area contributed by atoms with Crippen LogP contribution in [0.15, 0.2) is 24.3 Å². The number of nitrogens with one attached hydrogen (secondary N) is 1. The Kier molecular flexibility index (Phi) is 3.59. The second-order valence-electron chi connectivity index (χ2n) is 5.33. The van der Waals surface area contributed by atoms with Crippen molar-refractivity contribution in [1.82, 2.24) is 14.7 Å². The lowest BCUT2D eigenvalue weighted by Crippen LogP contribution is -2.17. The molecule has 2 aromatic rings. The summed E-state index contributed by atoms with van der Waals surface area (Å²) in [5.41, 5.74) is 1.29. The molecule has 23 heavy (non-hydrogen) atoms. The van der Waals surface area contributed by atoms with Gasteiger partial charge in [-0.2, -0.15) is 5.10 Å². The Morgan fingerprint density at radius 3 is 2.74 bits per heavy atom. The summed E-state index contributed by atoms with van der Waals surface area (Å²) in [6.45, 7) is 0.384. The predicted octanol–water partition coefficient (Wildman–Crippen LogP) is 2.20. The van der Waals surface area contributed by atoms with Crippen LogP contribution >= 0.6 is 0 Å². The Balaban J connectivity index is 1.88. The van der Waals surface area contributed by atoms with Gasteiger partial charge in [-0.05, 0) is 18.2 Å². The van der Waals surface area contributed by atoms with Gasteiger partial charge in [-0.3, -0.25) is 14.3 Å². The van der Waals surface area contributed by atoms with E-state index in [-0.39, 0.29) is 17.3 Å². The van der Waals surface area contributed by atoms with Gasteiger partial charge in [-0.1, -0.05) is 6.07 Å². The maximum absolute atomic E-state index is 12.8. The highest BCUT2D eigenvalue weighted by molar-refractivity contribution is 6.06. The molecule has 1 aromatic carbocycles. The summed E-state index contributed by atoms with van der Waals surface area (Å²) in [5.74, 6) is -0.711. The number of carbonyl (C=O) groups is 2. The summed E-state index contributed by atoms with van der Waals surface area (Å²) in [7, 11) is 3.02. The van der Waals surface area contributed by atoms with Gasteiger partial charge in [-0.25, -0.2) is 8.78 Å². The number of anilines is 1. The van der Waals surface area contributed by atoms with E-state index in [1.165, 1.54) is 11.9 Å². The molecule has 0 radical (unpaired) electrons. The van der Waals surface area contributed by atoms with Crippen LogP contribution in [0, 0.1) is 0 Å². The average molecular weight is 320 g/mol.